The fraction of sp³-hybridized carbons (Fsp3) is 0.412. The largest absolute Gasteiger partial charge is 0.503 e. The van der Waals surface area contributed by atoms with Gasteiger partial charge in [0, 0.05) is 0 Å². The number of nitrogens with zero attached hydrogens (tertiary/aromatic N) is 1. The van der Waals surface area contributed by atoms with E-state index in [1.54, 1.807) is 0 Å². The highest BCUT2D eigenvalue weighted by Crippen LogP contribution is 2.40. The van der Waals surface area contributed by atoms with Gasteiger partial charge in [-0.05, 0) is 30.0 Å². The van der Waals surface area contributed by atoms with Crippen molar-refractivity contribution >= 4 is 11.8 Å². The van der Waals surface area contributed by atoms with Crippen LogP contribution in [0.3, 0.4) is 0 Å². The zero-order valence-corrected chi connectivity index (χ0v) is 14.1. The Hall–Kier alpha value is -2.72. The Morgan fingerprint density at radius 1 is 1.21 bits per heavy atom. The monoisotopic (exact) mass is 408 g/mol. The van der Waals surface area contributed by atoms with Gasteiger partial charge in [0.25, 0.3) is 11.8 Å². The van der Waals surface area contributed by atoms with E-state index in [9.17, 15) is 41.0 Å². The lowest BCUT2D eigenvalue weighted by Gasteiger charge is -2.19. The Morgan fingerprint density at radius 2 is 1.89 bits per heavy atom. The zero-order chi connectivity index (χ0) is 20.9. The van der Waals surface area contributed by atoms with E-state index in [1.807, 2.05) is 0 Å². The highest BCUT2D eigenvalue weighted by molar-refractivity contribution is 6.07. The van der Waals surface area contributed by atoms with Gasteiger partial charge in [-0.1, -0.05) is 12.1 Å². The minimum Gasteiger partial charge on any atom is -0.503 e. The van der Waals surface area contributed by atoms with Gasteiger partial charge in [0.1, 0.15) is 6.54 Å². The lowest BCUT2D eigenvalue weighted by Crippen LogP contribution is -2.37. The highest BCUT2D eigenvalue weighted by Gasteiger charge is 2.42. The molecule has 5 nitrogen and oxygen atoms in total. The lowest BCUT2D eigenvalue weighted by molar-refractivity contribution is -0.157. The first-order valence-electron chi connectivity index (χ1n) is 8.16. The molecule has 0 aromatic heterocycles. The van der Waals surface area contributed by atoms with Gasteiger partial charge in [-0.3, -0.25) is 9.59 Å². The number of alkyl halides is 6. The summed E-state index contributed by atoms with van der Waals surface area (Å²) < 4.78 is 76.7. The first-order chi connectivity index (χ1) is 12.9. The van der Waals surface area contributed by atoms with Gasteiger partial charge in [-0.15, -0.1) is 0 Å². The average Bonchev–Trinajstić information content (AvgIpc) is 3.09. The molecule has 0 radical (unpaired) electrons. The number of nitrogens with one attached hydrogen (secondary N) is 1. The summed E-state index contributed by atoms with van der Waals surface area (Å²) in [6.07, 6.45) is -9.05. The number of rotatable bonds is 3. The highest BCUT2D eigenvalue weighted by atomic mass is 19.4. The predicted molar refractivity (Wildman–Crippen MR) is 82.9 cm³/mol. The molecule has 0 saturated heterocycles. The van der Waals surface area contributed by atoms with Crippen LogP contribution >= 0.6 is 0 Å². The molecule has 3 rings (SSSR count). The number of aliphatic hydroxyl groups is 1. The fourth-order valence-corrected chi connectivity index (χ4v) is 3.46. The van der Waals surface area contributed by atoms with Crippen LogP contribution in [0, 0.1) is 0 Å². The molecule has 1 heterocycles. The van der Waals surface area contributed by atoms with Crippen molar-refractivity contribution in [2.45, 2.75) is 31.2 Å². The van der Waals surface area contributed by atoms with Crippen LogP contribution in [0.15, 0.2) is 29.5 Å². The van der Waals surface area contributed by atoms with Crippen LogP contribution in [0.5, 0.6) is 0 Å². The molecule has 1 aliphatic heterocycles. The van der Waals surface area contributed by atoms with Gasteiger partial charge in [-0.2, -0.15) is 26.3 Å². The van der Waals surface area contributed by atoms with Crippen LogP contribution in [0.4, 0.5) is 26.3 Å². The van der Waals surface area contributed by atoms with Crippen molar-refractivity contribution in [3.8, 4) is 0 Å². The molecule has 2 amide bonds. The summed E-state index contributed by atoms with van der Waals surface area (Å²) in [4.78, 5) is 24.3. The summed E-state index contributed by atoms with van der Waals surface area (Å²) in [5, 5.41) is 12.1. The van der Waals surface area contributed by atoms with E-state index in [-0.39, 0.29) is 28.9 Å². The summed E-state index contributed by atoms with van der Waals surface area (Å²) in [7, 11) is 0. The van der Waals surface area contributed by atoms with Gasteiger partial charge >= 0.3 is 12.4 Å². The molecule has 1 aromatic rings. The zero-order valence-electron chi connectivity index (χ0n) is 14.1. The van der Waals surface area contributed by atoms with Crippen LogP contribution in [-0.2, 0) is 22.2 Å². The molecule has 28 heavy (non-hydrogen) atoms. The van der Waals surface area contributed by atoms with Gasteiger partial charge in [0.05, 0.1) is 23.7 Å². The number of fused-ring (bicyclic) bond motifs is 1. The molecule has 2 aliphatic rings. The molecule has 11 heteroatoms. The van der Waals surface area contributed by atoms with Gasteiger partial charge in [-0.25, -0.2) is 0 Å². The van der Waals surface area contributed by atoms with Crippen molar-refractivity contribution in [1.29, 1.82) is 0 Å². The van der Waals surface area contributed by atoms with E-state index >= 15 is 0 Å². The van der Waals surface area contributed by atoms with Gasteiger partial charge in [0.2, 0.25) is 0 Å². The molecule has 1 aromatic carbocycles. The summed E-state index contributed by atoms with van der Waals surface area (Å²) >= 11 is 0. The minimum atomic E-state index is -4.71. The molecular weight excluding hydrogens is 394 g/mol. The number of carbonyl (C=O) groups is 2. The topological polar surface area (TPSA) is 69.6 Å². The van der Waals surface area contributed by atoms with E-state index in [2.05, 4.69) is 5.32 Å². The summed E-state index contributed by atoms with van der Waals surface area (Å²) in [5.74, 6) is -3.41. The van der Waals surface area contributed by atoms with E-state index in [4.69, 9.17) is 0 Å². The maximum atomic E-state index is 13.1. The molecule has 1 aliphatic carbocycles. The van der Waals surface area contributed by atoms with Crippen LogP contribution in [0.2, 0.25) is 0 Å². The summed E-state index contributed by atoms with van der Waals surface area (Å²) in [6, 6.07) is 2.75. The second-order valence-electron chi connectivity index (χ2n) is 6.54. The van der Waals surface area contributed by atoms with Crippen molar-refractivity contribution in [3.63, 3.8) is 0 Å². The SMILES string of the molecule is O=C(NC1CCc2c1cccc2C(F)(F)F)C1=C(O)C(=O)N(CC(F)(F)F)C1. The van der Waals surface area contributed by atoms with Crippen LogP contribution in [-0.4, -0.2) is 41.1 Å². The molecule has 1 atom stereocenters. The molecule has 0 fully saturated rings. The Labute approximate surface area is 154 Å². The van der Waals surface area contributed by atoms with Crippen molar-refractivity contribution in [3.05, 3.63) is 46.2 Å². The van der Waals surface area contributed by atoms with Gasteiger partial charge < -0.3 is 15.3 Å². The van der Waals surface area contributed by atoms with E-state index < -0.39 is 60.2 Å². The third-order valence-electron chi connectivity index (χ3n) is 4.65. The molecule has 0 saturated carbocycles. The number of halogens is 6. The van der Waals surface area contributed by atoms with Crippen molar-refractivity contribution in [2.75, 3.05) is 13.1 Å². The molecule has 2 N–H and O–H groups in total. The van der Waals surface area contributed by atoms with Crippen LogP contribution in [0.25, 0.3) is 0 Å². The van der Waals surface area contributed by atoms with E-state index in [0.29, 0.717) is 0 Å². The molecule has 1 unspecified atom stereocenters. The molecule has 0 spiro atoms. The first-order valence-corrected chi connectivity index (χ1v) is 8.16. The maximum Gasteiger partial charge on any atom is 0.416 e. The third-order valence-corrected chi connectivity index (χ3v) is 4.65. The maximum absolute atomic E-state index is 13.1. The minimum absolute atomic E-state index is 0.0414. The Kier molecular flexibility index (Phi) is 4.80. The normalized spacial score (nSPS) is 20.0. The number of carbonyl (C=O) groups excluding carboxylic acids is 2. The molecule has 0 bridgehead atoms. The standard InChI is InChI=1S/C17H14F6N2O3/c18-16(19,20)7-25-6-10(13(26)15(25)28)14(27)24-12-5-4-8-9(12)2-1-3-11(8)17(21,22)23/h1-3,12,26H,4-7H2,(H,24,27). The van der Waals surface area contributed by atoms with E-state index in [0.717, 1.165) is 6.07 Å². The Bertz CT molecular complexity index is 859. The first kappa shape index (κ1) is 20.0. The third kappa shape index (κ3) is 3.78. The van der Waals surface area contributed by atoms with Crippen molar-refractivity contribution in [2.24, 2.45) is 0 Å². The number of amides is 2. The molecular formula is C17H14F6N2O3. The average molecular weight is 408 g/mol. The number of aliphatic hydroxyl groups excluding tert-OH is 1. The molecule has 152 valence electrons. The second kappa shape index (κ2) is 6.71. The Morgan fingerprint density at radius 3 is 2.50 bits per heavy atom. The number of hydrogen-bond donors (Lipinski definition) is 2. The Balaban J connectivity index is 1.77. The summed E-state index contributed by atoms with van der Waals surface area (Å²) in [6.45, 7) is -2.37. The van der Waals surface area contributed by atoms with Crippen molar-refractivity contribution < 1.29 is 41.0 Å². The fourth-order valence-electron chi connectivity index (χ4n) is 3.46. The smallest absolute Gasteiger partial charge is 0.416 e. The number of benzene rings is 1. The van der Waals surface area contributed by atoms with E-state index in [1.165, 1.54) is 12.1 Å². The van der Waals surface area contributed by atoms with Crippen LogP contribution < -0.4 is 5.32 Å². The van der Waals surface area contributed by atoms with Crippen molar-refractivity contribution in [1.82, 2.24) is 10.2 Å². The lowest BCUT2D eigenvalue weighted by atomic mass is 10.0. The second-order valence-corrected chi connectivity index (χ2v) is 6.54. The predicted octanol–water partition coefficient (Wildman–Crippen LogP) is 3.03. The van der Waals surface area contributed by atoms with Crippen LogP contribution in [0.1, 0.15) is 29.2 Å². The van der Waals surface area contributed by atoms with Gasteiger partial charge in [0.15, 0.2) is 5.76 Å². The number of hydrogen-bond acceptors (Lipinski definition) is 3. The quantitative estimate of drug-likeness (QED) is 0.756. The summed E-state index contributed by atoms with van der Waals surface area (Å²) in [5.41, 5.74) is -1.06.